The molecule has 0 heterocycles. The number of aromatic hydroxyl groups is 2. The van der Waals surface area contributed by atoms with Gasteiger partial charge >= 0.3 is 0 Å². The maximum atomic E-state index is 11.7. The monoisotopic (exact) mass is 360 g/mol. The van der Waals surface area contributed by atoms with Crippen LogP contribution in [0, 0.1) is 19.3 Å². The summed E-state index contributed by atoms with van der Waals surface area (Å²) in [5.74, 6) is 0.546. The van der Waals surface area contributed by atoms with Crippen molar-refractivity contribution in [3.63, 3.8) is 0 Å². The van der Waals surface area contributed by atoms with Gasteiger partial charge in [-0.15, -0.1) is 12.6 Å². The van der Waals surface area contributed by atoms with Gasteiger partial charge in [0.15, 0.2) is 0 Å². The first-order valence-electron chi connectivity index (χ1n) is 8.75. The van der Waals surface area contributed by atoms with Gasteiger partial charge in [-0.25, -0.2) is 0 Å². The van der Waals surface area contributed by atoms with Crippen LogP contribution in [0.3, 0.4) is 0 Å². The van der Waals surface area contributed by atoms with Crippen LogP contribution in [-0.2, 0) is 11.2 Å². The zero-order chi connectivity index (χ0) is 18.8. The third-order valence-electron chi connectivity index (χ3n) is 5.17. The van der Waals surface area contributed by atoms with E-state index in [9.17, 15) is 15.0 Å². The maximum absolute atomic E-state index is 11.7. The average Bonchev–Trinajstić information content (AvgIpc) is 2.56. The van der Waals surface area contributed by atoms with Gasteiger partial charge in [-0.3, -0.25) is 4.79 Å². The van der Waals surface area contributed by atoms with Gasteiger partial charge in [0, 0.05) is 34.4 Å². The van der Waals surface area contributed by atoms with Crippen molar-refractivity contribution in [3.8, 4) is 11.5 Å². The van der Waals surface area contributed by atoms with Crippen LogP contribution >= 0.6 is 12.6 Å². The van der Waals surface area contributed by atoms with Crippen LogP contribution in [-0.4, -0.2) is 16.0 Å². The number of hydrogen-bond acceptors (Lipinski definition) is 4. The number of ketones is 1. The average molecular weight is 361 g/mol. The molecule has 4 heteroatoms. The van der Waals surface area contributed by atoms with Crippen molar-refractivity contribution in [1.82, 2.24) is 0 Å². The lowest BCUT2D eigenvalue weighted by molar-refractivity contribution is -0.122. The highest BCUT2D eigenvalue weighted by atomic mass is 32.1. The van der Waals surface area contributed by atoms with E-state index in [0.29, 0.717) is 46.6 Å². The maximum Gasteiger partial charge on any atom is 0.133 e. The van der Waals surface area contributed by atoms with Crippen molar-refractivity contribution >= 4 is 18.4 Å². The molecule has 0 aromatic heterocycles. The molecule has 0 radical (unpaired) electrons. The largest absolute Gasteiger partial charge is 0.507 e. The van der Waals surface area contributed by atoms with Crippen LogP contribution in [0.4, 0.5) is 0 Å². The quantitative estimate of drug-likeness (QED) is 0.511. The predicted octanol–water partition coefficient (Wildman–Crippen LogP) is 5.20. The van der Waals surface area contributed by atoms with Crippen LogP contribution in [0.15, 0.2) is 28.7 Å². The number of carbonyl (C=O) groups excluding carboxylic acids is 1. The summed E-state index contributed by atoms with van der Waals surface area (Å²) >= 11 is 4.34. The Morgan fingerprint density at radius 1 is 1.24 bits per heavy atom. The van der Waals surface area contributed by atoms with Crippen LogP contribution in [0.2, 0.25) is 0 Å². The minimum Gasteiger partial charge on any atom is -0.507 e. The summed E-state index contributed by atoms with van der Waals surface area (Å²) in [6.45, 7) is 7.71. The summed E-state index contributed by atoms with van der Waals surface area (Å²) in [6, 6.07) is 0. The highest BCUT2D eigenvalue weighted by Gasteiger charge is 2.28. The first-order chi connectivity index (χ1) is 11.6. The molecule has 2 rings (SSSR count). The number of rotatable bonds is 4. The standard InChI is InChI=1S/C21H28O3S/c1-13(9-11-21(4)10-5-6-16(22)12-21)7-8-17-18(23)14(2)20(25)15(3)19(17)24/h7,9,11,23-25H,5-6,8,10,12H2,1-4H3/b11-9+,13-7+/t21-/m1/s1. The molecule has 1 fully saturated rings. The predicted molar refractivity (Wildman–Crippen MR) is 105 cm³/mol. The van der Waals surface area contributed by atoms with E-state index in [4.69, 9.17) is 0 Å². The van der Waals surface area contributed by atoms with Crippen molar-refractivity contribution in [1.29, 1.82) is 0 Å². The summed E-state index contributed by atoms with van der Waals surface area (Å²) in [7, 11) is 0. The number of phenolic OH excluding ortho intramolecular Hbond substituents is 2. The summed E-state index contributed by atoms with van der Waals surface area (Å²) in [6.07, 6.45) is 9.90. The third-order valence-corrected chi connectivity index (χ3v) is 5.84. The van der Waals surface area contributed by atoms with Crippen LogP contribution in [0.25, 0.3) is 0 Å². The molecule has 1 aromatic rings. The second kappa shape index (κ2) is 7.69. The Morgan fingerprint density at radius 3 is 2.40 bits per heavy atom. The fourth-order valence-electron chi connectivity index (χ4n) is 3.39. The molecular formula is C21H28O3S. The van der Waals surface area contributed by atoms with E-state index < -0.39 is 0 Å². The zero-order valence-corrected chi connectivity index (χ0v) is 16.4. The molecule has 136 valence electrons. The van der Waals surface area contributed by atoms with Gasteiger partial charge in [-0.05, 0) is 45.4 Å². The SMILES string of the molecule is CC(/C=C/[C@@]1(C)CCCC(=O)C1)=C\Cc1c(O)c(C)c(S)c(C)c1O. The Hall–Kier alpha value is -1.68. The highest BCUT2D eigenvalue weighted by molar-refractivity contribution is 7.80. The molecule has 2 N–H and O–H groups in total. The number of hydrogen-bond donors (Lipinski definition) is 3. The van der Waals surface area contributed by atoms with Crippen molar-refractivity contribution in [3.05, 3.63) is 40.5 Å². The Bertz CT molecular complexity index is 717. The number of benzene rings is 1. The van der Waals surface area contributed by atoms with E-state index in [-0.39, 0.29) is 16.9 Å². The van der Waals surface area contributed by atoms with Crippen molar-refractivity contribution in [2.45, 2.75) is 64.7 Å². The van der Waals surface area contributed by atoms with Crippen molar-refractivity contribution < 1.29 is 15.0 Å². The molecule has 0 unspecified atom stereocenters. The Balaban J connectivity index is 2.17. The fraction of sp³-hybridized carbons (Fsp3) is 0.476. The minimum absolute atomic E-state index is 0.0600. The molecule has 0 aliphatic heterocycles. The second-order valence-electron chi connectivity index (χ2n) is 7.48. The Kier molecular flexibility index (Phi) is 6.04. The highest BCUT2D eigenvalue weighted by Crippen LogP contribution is 2.39. The lowest BCUT2D eigenvalue weighted by Gasteiger charge is -2.29. The van der Waals surface area contributed by atoms with Gasteiger partial charge in [0.2, 0.25) is 0 Å². The van der Waals surface area contributed by atoms with Crippen LogP contribution in [0.1, 0.15) is 56.2 Å². The third kappa shape index (κ3) is 4.49. The van der Waals surface area contributed by atoms with E-state index in [1.54, 1.807) is 13.8 Å². The fourth-order valence-corrected chi connectivity index (χ4v) is 3.60. The number of Topliss-reactive ketones (excluding diaryl/α,β-unsaturated/α-hetero) is 1. The molecule has 0 saturated heterocycles. The first kappa shape index (κ1) is 19.6. The molecule has 3 nitrogen and oxygen atoms in total. The summed E-state index contributed by atoms with van der Waals surface area (Å²) in [5.41, 5.74) is 2.88. The van der Waals surface area contributed by atoms with Gasteiger partial charge < -0.3 is 10.2 Å². The normalized spacial score (nSPS) is 22.0. The summed E-state index contributed by atoms with van der Waals surface area (Å²) in [4.78, 5) is 12.3. The summed E-state index contributed by atoms with van der Waals surface area (Å²) in [5, 5.41) is 20.6. The molecule has 1 aromatic carbocycles. The topological polar surface area (TPSA) is 57.5 Å². The Labute approximate surface area is 155 Å². The van der Waals surface area contributed by atoms with Gasteiger partial charge in [0.1, 0.15) is 17.3 Å². The number of carbonyl (C=O) groups is 1. The van der Waals surface area contributed by atoms with Gasteiger partial charge in [-0.1, -0.05) is 30.7 Å². The van der Waals surface area contributed by atoms with Gasteiger partial charge in [0.05, 0.1) is 0 Å². The lowest BCUT2D eigenvalue weighted by Crippen LogP contribution is -2.23. The molecular weight excluding hydrogens is 332 g/mol. The molecule has 1 saturated carbocycles. The lowest BCUT2D eigenvalue weighted by atomic mass is 9.75. The van der Waals surface area contributed by atoms with Gasteiger partial charge in [0.25, 0.3) is 0 Å². The van der Waals surface area contributed by atoms with E-state index >= 15 is 0 Å². The number of thiol groups is 1. The smallest absolute Gasteiger partial charge is 0.133 e. The number of allylic oxidation sites excluding steroid dienone is 4. The molecule has 0 spiro atoms. The second-order valence-corrected chi connectivity index (χ2v) is 7.93. The minimum atomic E-state index is -0.0600. The van der Waals surface area contributed by atoms with Crippen molar-refractivity contribution in [2.24, 2.45) is 5.41 Å². The summed E-state index contributed by atoms with van der Waals surface area (Å²) < 4.78 is 0. The van der Waals surface area contributed by atoms with Crippen molar-refractivity contribution in [2.75, 3.05) is 0 Å². The van der Waals surface area contributed by atoms with Gasteiger partial charge in [-0.2, -0.15) is 0 Å². The zero-order valence-electron chi connectivity index (χ0n) is 15.5. The molecule has 1 atom stereocenters. The van der Waals surface area contributed by atoms with E-state index in [0.717, 1.165) is 18.4 Å². The Morgan fingerprint density at radius 2 is 1.84 bits per heavy atom. The molecule has 1 aliphatic rings. The van der Waals surface area contributed by atoms with Crippen LogP contribution < -0.4 is 0 Å². The van der Waals surface area contributed by atoms with E-state index in [1.165, 1.54) is 0 Å². The van der Waals surface area contributed by atoms with Crippen LogP contribution in [0.5, 0.6) is 11.5 Å². The molecule has 0 bridgehead atoms. The van der Waals surface area contributed by atoms with E-state index in [1.807, 2.05) is 19.1 Å². The first-order valence-corrected chi connectivity index (χ1v) is 9.20. The molecule has 1 aliphatic carbocycles. The molecule has 25 heavy (non-hydrogen) atoms. The number of phenols is 2. The van der Waals surface area contributed by atoms with E-state index in [2.05, 4.69) is 25.6 Å². The molecule has 0 amide bonds.